The monoisotopic (exact) mass is 604 g/mol. The summed E-state index contributed by atoms with van der Waals surface area (Å²) in [6.45, 7) is -2.09. The van der Waals surface area contributed by atoms with Gasteiger partial charge in [0.25, 0.3) is 0 Å². The van der Waals surface area contributed by atoms with Gasteiger partial charge in [0.05, 0.1) is 25.3 Å². The van der Waals surface area contributed by atoms with Gasteiger partial charge in [-0.3, -0.25) is 8.37 Å². The zero-order valence-corrected chi connectivity index (χ0v) is 21.7. The largest absolute Gasteiger partial charge is 2.00 e. The predicted octanol–water partition coefficient (Wildman–Crippen LogP) is -8.24. The molecule has 0 aliphatic heterocycles. The first kappa shape index (κ1) is 37.8. The van der Waals surface area contributed by atoms with Crippen LogP contribution >= 0.6 is 0 Å². The number of hydrogen-bond donors (Lipinski definition) is 8. The number of aldehydes is 2. The Morgan fingerprint density at radius 1 is 0.667 bits per heavy atom. The molecular weight excluding hydrogens is 580 g/mol. The molecule has 0 fully saturated rings. The zero-order chi connectivity index (χ0) is 25.9. The molecule has 33 heavy (non-hydrogen) atoms. The molecule has 0 saturated carbocycles. The Morgan fingerprint density at radius 3 is 1.09 bits per heavy atom. The molecule has 0 bridgehead atoms. The molecular formula is C12H24N2O16S2Sr. The van der Waals surface area contributed by atoms with Gasteiger partial charge in [0.15, 0.2) is 0 Å². The fourth-order valence-corrected chi connectivity index (χ4v) is 2.19. The van der Waals surface area contributed by atoms with Crippen molar-refractivity contribution in [1.82, 2.24) is 0 Å². The van der Waals surface area contributed by atoms with Crippen LogP contribution in [0.15, 0.2) is 0 Å². The second-order valence-corrected chi connectivity index (χ2v) is 8.01. The van der Waals surface area contributed by atoms with Crippen molar-refractivity contribution in [3.05, 3.63) is 0 Å². The fraction of sp³-hybridized carbons (Fsp3) is 0.833. The quantitative estimate of drug-likeness (QED) is 0.0395. The molecule has 8 atom stereocenters. The molecule has 0 unspecified atom stereocenters. The molecule has 0 saturated heterocycles. The second-order valence-electron chi connectivity index (χ2n) is 5.91. The number of hydrogen-bond acceptors (Lipinski definition) is 18. The molecule has 21 heteroatoms. The van der Waals surface area contributed by atoms with Gasteiger partial charge in [-0.2, -0.15) is 0 Å². The standard InChI is InChI=1S/2C6H13NO8S.Sr/c2*7-3(1-8)5(10)6(11)4(9)2-15-16(12,13)14;/h2*1,3-6,9-11H,2,7H2,(H,12,13,14);/q;;+2/p-2/t2*3-,4+,5+,6+;/m00./s1. The Labute approximate surface area is 225 Å². The fourth-order valence-electron chi connectivity index (χ4n) is 1.57. The first-order valence-electron chi connectivity index (χ1n) is 8.08. The van der Waals surface area contributed by atoms with Crippen LogP contribution in [0.25, 0.3) is 0 Å². The van der Waals surface area contributed by atoms with Crippen LogP contribution in [0.1, 0.15) is 0 Å². The van der Waals surface area contributed by atoms with E-state index in [9.17, 15) is 35.5 Å². The first-order chi connectivity index (χ1) is 14.4. The molecule has 192 valence electrons. The maximum absolute atomic E-state index is 10.1. The molecule has 0 radical (unpaired) electrons. The maximum atomic E-state index is 10.1. The van der Waals surface area contributed by atoms with Gasteiger partial charge in [-0.05, 0) is 0 Å². The van der Waals surface area contributed by atoms with Gasteiger partial charge in [0.2, 0.25) is 20.8 Å². The van der Waals surface area contributed by atoms with Crippen molar-refractivity contribution in [3.63, 3.8) is 0 Å². The molecule has 0 aromatic heterocycles. The van der Waals surface area contributed by atoms with Crippen LogP contribution in [0.3, 0.4) is 0 Å². The van der Waals surface area contributed by atoms with E-state index >= 15 is 0 Å². The Hall–Kier alpha value is 0.241. The normalized spacial score (nSPS) is 19.2. The van der Waals surface area contributed by atoms with Gasteiger partial charge >= 0.3 is 45.5 Å². The summed E-state index contributed by atoms with van der Waals surface area (Å²) in [4.78, 5) is 20.3. The minimum Gasteiger partial charge on any atom is -0.726 e. The maximum Gasteiger partial charge on any atom is 2.00 e. The molecule has 0 aliphatic carbocycles. The summed E-state index contributed by atoms with van der Waals surface area (Å²) in [5, 5.41) is 54.8. The van der Waals surface area contributed by atoms with Crippen molar-refractivity contribution in [2.24, 2.45) is 11.5 Å². The Bertz CT molecular complexity index is 703. The van der Waals surface area contributed by atoms with E-state index in [-0.39, 0.29) is 58.1 Å². The third kappa shape index (κ3) is 18.2. The van der Waals surface area contributed by atoms with E-state index in [1.165, 1.54) is 0 Å². The number of carbonyl (C=O) groups is 2. The van der Waals surface area contributed by atoms with Crippen LogP contribution in [0.5, 0.6) is 0 Å². The summed E-state index contributed by atoms with van der Waals surface area (Å²) >= 11 is 0. The number of aliphatic hydroxyl groups is 6. The molecule has 0 aliphatic rings. The molecule has 18 nitrogen and oxygen atoms in total. The summed E-state index contributed by atoms with van der Waals surface area (Å²) in [6, 6.07) is -2.90. The Kier molecular flexibility index (Phi) is 20.2. The number of nitrogens with two attached hydrogens (primary N) is 2. The van der Waals surface area contributed by atoms with Crippen molar-refractivity contribution < 1.29 is 74.5 Å². The van der Waals surface area contributed by atoms with Gasteiger partial charge in [-0.15, -0.1) is 0 Å². The van der Waals surface area contributed by atoms with E-state index in [2.05, 4.69) is 8.37 Å². The molecule has 0 heterocycles. The van der Waals surface area contributed by atoms with E-state index in [1.54, 1.807) is 0 Å². The van der Waals surface area contributed by atoms with Crippen molar-refractivity contribution in [1.29, 1.82) is 0 Å². The summed E-state index contributed by atoms with van der Waals surface area (Å²) in [6.07, 6.45) is -10.9. The van der Waals surface area contributed by atoms with E-state index in [4.69, 9.17) is 42.1 Å². The predicted molar refractivity (Wildman–Crippen MR) is 101 cm³/mol. The number of carbonyl (C=O) groups excluding carboxylic acids is 2. The van der Waals surface area contributed by atoms with Crippen LogP contribution in [-0.4, -0.2) is 177 Å². The van der Waals surface area contributed by atoms with Crippen molar-refractivity contribution >= 4 is 78.9 Å². The van der Waals surface area contributed by atoms with Crippen LogP contribution in [0, 0.1) is 0 Å². The van der Waals surface area contributed by atoms with Crippen LogP contribution in [0.4, 0.5) is 0 Å². The topological polar surface area (TPSA) is 340 Å². The van der Waals surface area contributed by atoms with Crippen LogP contribution < -0.4 is 11.5 Å². The van der Waals surface area contributed by atoms with Gasteiger partial charge < -0.3 is 60.8 Å². The van der Waals surface area contributed by atoms with Gasteiger partial charge in [0.1, 0.15) is 49.2 Å². The smallest absolute Gasteiger partial charge is 0.726 e. The van der Waals surface area contributed by atoms with E-state index in [0.29, 0.717) is 0 Å². The van der Waals surface area contributed by atoms with Crippen molar-refractivity contribution in [3.8, 4) is 0 Å². The van der Waals surface area contributed by atoms with E-state index < -0.39 is 82.7 Å². The molecule has 0 aromatic carbocycles. The first-order valence-corrected chi connectivity index (χ1v) is 10.7. The van der Waals surface area contributed by atoms with Crippen molar-refractivity contribution in [2.75, 3.05) is 13.2 Å². The van der Waals surface area contributed by atoms with Gasteiger partial charge in [0, 0.05) is 0 Å². The van der Waals surface area contributed by atoms with Gasteiger partial charge in [-0.25, -0.2) is 16.8 Å². The zero-order valence-electron chi connectivity index (χ0n) is 16.6. The Balaban J connectivity index is -0.000000529. The van der Waals surface area contributed by atoms with Crippen molar-refractivity contribution in [2.45, 2.75) is 48.7 Å². The summed E-state index contributed by atoms with van der Waals surface area (Å²) in [5.41, 5.74) is 10.1. The summed E-state index contributed by atoms with van der Waals surface area (Å²) < 4.78 is 67.3. The molecule has 0 aromatic rings. The average Bonchev–Trinajstić information content (AvgIpc) is 2.71. The summed E-state index contributed by atoms with van der Waals surface area (Å²) in [7, 11) is -10.0. The molecule has 0 amide bonds. The van der Waals surface area contributed by atoms with Crippen LogP contribution in [-0.2, 0) is 38.8 Å². The van der Waals surface area contributed by atoms with E-state index in [1.807, 2.05) is 0 Å². The molecule has 10 N–H and O–H groups in total. The second kappa shape index (κ2) is 17.6. The molecule has 0 spiro atoms. The Morgan fingerprint density at radius 2 is 0.909 bits per heavy atom. The number of aliphatic hydroxyl groups excluding tert-OH is 6. The summed E-state index contributed by atoms with van der Waals surface area (Å²) in [5.74, 6) is 0. The SMILES string of the molecule is N[C@@H](C=O)[C@@H](O)[C@H](O)[C@H](O)COS(=O)(=O)[O-].N[C@@H](C=O)[C@@H](O)[C@H](O)[C@H](O)COS(=O)(=O)[O-].[Sr+2]. The van der Waals surface area contributed by atoms with E-state index in [0.717, 1.165) is 0 Å². The van der Waals surface area contributed by atoms with Crippen LogP contribution in [0.2, 0.25) is 0 Å². The average molecular weight is 604 g/mol. The third-order valence-corrected chi connectivity index (χ3v) is 4.21. The third-order valence-electron chi connectivity index (χ3n) is 3.36. The number of rotatable bonds is 14. The minimum absolute atomic E-state index is 0. The van der Waals surface area contributed by atoms with Gasteiger partial charge in [-0.1, -0.05) is 0 Å². The molecule has 0 rings (SSSR count). The minimum atomic E-state index is -5.01.